The molecule has 2 aromatic rings. The smallest absolute Gasteiger partial charge is 0.186 e. The summed E-state index contributed by atoms with van der Waals surface area (Å²) in [7, 11) is 2.00. The van der Waals surface area contributed by atoms with Crippen LogP contribution in [0.4, 0.5) is 15.9 Å². The number of nitrogens with one attached hydrogen (secondary N) is 1. The van der Waals surface area contributed by atoms with E-state index < -0.39 is 0 Å². The second-order valence-corrected chi connectivity index (χ2v) is 4.52. The van der Waals surface area contributed by atoms with Crippen molar-refractivity contribution in [2.75, 3.05) is 30.4 Å². The van der Waals surface area contributed by atoms with Crippen molar-refractivity contribution < 1.29 is 4.39 Å². The van der Waals surface area contributed by atoms with Crippen molar-refractivity contribution in [2.24, 2.45) is 0 Å². The number of halogens is 1. The van der Waals surface area contributed by atoms with E-state index in [9.17, 15) is 4.39 Å². The number of aryl methyl sites for hydroxylation is 1. The third kappa shape index (κ3) is 3.44. The Hall–Kier alpha value is -2.17. The highest BCUT2D eigenvalue weighted by Gasteiger charge is 2.09. The number of hydrogen-bond donors (Lipinski definition) is 1. The maximum atomic E-state index is 13.9. The van der Waals surface area contributed by atoms with Crippen LogP contribution in [0.3, 0.4) is 0 Å². The van der Waals surface area contributed by atoms with E-state index in [2.05, 4.69) is 20.2 Å². The minimum atomic E-state index is -0.350. The Balaban J connectivity index is 1.90. The molecule has 1 aromatic carbocycles. The summed E-state index contributed by atoms with van der Waals surface area (Å²) >= 11 is 0. The summed E-state index contributed by atoms with van der Waals surface area (Å²) in [6.07, 6.45) is 1.96. The minimum absolute atomic E-state index is 0.276. The van der Waals surface area contributed by atoms with Gasteiger partial charge in [-0.25, -0.2) is 14.4 Å². The van der Waals surface area contributed by atoms with Crippen LogP contribution in [0.5, 0.6) is 0 Å². The second kappa shape index (κ2) is 6.84. The number of rotatable bonds is 6. The van der Waals surface area contributed by atoms with E-state index in [1.807, 2.05) is 44.3 Å². The van der Waals surface area contributed by atoms with Crippen molar-refractivity contribution >= 4 is 11.5 Å². The topological polar surface area (TPSA) is 41.1 Å². The van der Waals surface area contributed by atoms with Crippen molar-refractivity contribution in [1.82, 2.24) is 9.97 Å². The molecule has 1 heterocycles. The molecule has 0 atom stereocenters. The Morgan fingerprint density at radius 2 is 1.95 bits per heavy atom. The third-order valence-corrected chi connectivity index (χ3v) is 3.13. The van der Waals surface area contributed by atoms with E-state index >= 15 is 0 Å². The molecular weight excluding hydrogens is 255 g/mol. The van der Waals surface area contributed by atoms with Gasteiger partial charge in [0.05, 0.1) is 5.69 Å². The lowest BCUT2D eigenvalue weighted by Gasteiger charge is -2.19. The molecule has 0 aliphatic heterocycles. The standard InChI is InChI=1S/C15H19FN4/c1-3-13-14(16)15(19-11-18-13)17-9-10-20(2)12-7-5-4-6-8-12/h4-8,11H,3,9-10H2,1-2H3,(H,17,18,19). The Morgan fingerprint density at radius 1 is 1.20 bits per heavy atom. The zero-order chi connectivity index (χ0) is 14.4. The van der Waals surface area contributed by atoms with Crippen LogP contribution in [-0.2, 0) is 6.42 Å². The van der Waals surface area contributed by atoms with E-state index in [1.54, 1.807) is 0 Å². The van der Waals surface area contributed by atoms with Crippen LogP contribution < -0.4 is 10.2 Å². The van der Waals surface area contributed by atoms with Crippen molar-refractivity contribution in [1.29, 1.82) is 0 Å². The quantitative estimate of drug-likeness (QED) is 0.879. The van der Waals surface area contributed by atoms with Gasteiger partial charge in [0, 0.05) is 25.8 Å². The molecule has 0 saturated heterocycles. The largest absolute Gasteiger partial charge is 0.373 e. The number of benzene rings is 1. The molecule has 0 amide bonds. The normalized spacial score (nSPS) is 10.3. The molecular formula is C15H19FN4. The molecule has 1 aromatic heterocycles. The molecule has 0 spiro atoms. The first-order chi connectivity index (χ1) is 9.72. The monoisotopic (exact) mass is 274 g/mol. The van der Waals surface area contributed by atoms with Crippen LogP contribution in [0.2, 0.25) is 0 Å². The highest BCUT2D eigenvalue weighted by atomic mass is 19.1. The van der Waals surface area contributed by atoms with E-state index in [-0.39, 0.29) is 11.6 Å². The van der Waals surface area contributed by atoms with Gasteiger partial charge >= 0.3 is 0 Å². The highest BCUT2D eigenvalue weighted by molar-refractivity contribution is 5.45. The molecule has 0 aliphatic carbocycles. The lowest BCUT2D eigenvalue weighted by Crippen LogP contribution is -2.25. The van der Waals surface area contributed by atoms with E-state index in [0.717, 1.165) is 12.2 Å². The molecule has 0 fully saturated rings. The molecule has 0 aliphatic rings. The van der Waals surface area contributed by atoms with Gasteiger partial charge in [0.25, 0.3) is 0 Å². The molecule has 0 radical (unpaired) electrons. The fourth-order valence-electron chi connectivity index (χ4n) is 1.93. The van der Waals surface area contributed by atoms with Crippen molar-refractivity contribution in [3.63, 3.8) is 0 Å². The fraction of sp³-hybridized carbons (Fsp3) is 0.333. The van der Waals surface area contributed by atoms with Gasteiger partial charge in [-0.2, -0.15) is 0 Å². The van der Waals surface area contributed by atoms with Gasteiger partial charge in [-0.05, 0) is 18.6 Å². The lowest BCUT2D eigenvalue weighted by molar-refractivity contribution is 0.596. The van der Waals surface area contributed by atoms with Gasteiger partial charge in [0.1, 0.15) is 6.33 Å². The van der Waals surface area contributed by atoms with Gasteiger partial charge in [-0.15, -0.1) is 0 Å². The average Bonchev–Trinajstić information content (AvgIpc) is 2.49. The van der Waals surface area contributed by atoms with Crippen LogP contribution in [0.1, 0.15) is 12.6 Å². The molecule has 4 nitrogen and oxygen atoms in total. The first kappa shape index (κ1) is 14.2. The molecule has 20 heavy (non-hydrogen) atoms. The molecule has 1 N–H and O–H groups in total. The second-order valence-electron chi connectivity index (χ2n) is 4.52. The Morgan fingerprint density at radius 3 is 2.65 bits per heavy atom. The predicted molar refractivity (Wildman–Crippen MR) is 79.6 cm³/mol. The minimum Gasteiger partial charge on any atom is -0.373 e. The predicted octanol–water partition coefficient (Wildman–Crippen LogP) is 2.73. The Labute approximate surface area is 118 Å². The fourth-order valence-corrected chi connectivity index (χ4v) is 1.93. The number of hydrogen-bond acceptors (Lipinski definition) is 4. The molecule has 0 saturated carbocycles. The molecule has 5 heteroatoms. The van der Waals surface area contributed by atoms with E-state index in [1.165, 1.54) is 6.33 Å². The van der Waals surface area contributed by atoms with Crippen LogP contribution in [0, 0.1) is 5.82 Å². The van der Waals surface area contributed by atoms with Crippen LogP contribution in [-0.4, -0.2) is 30.1 Å². The summed E-state index contributed by atoms with van der Waals surface area (Å²) in [5, 5.41) is 3.02. The lowest BCUT2D eigenvalue weighted by atomic mass is 10.3. The summed E-state index contributed by atoms with van der Waals surface area (Å²) in [5.74, 6) is -0.0734. The maximum absolute atomic E-state index is 13.9. The highest BCUT2D eigenvalue weighted by Crippen LogP contribution is 2.14. The van der Waals surface area contributed by atoms with Gasteiger partial charge < -0.3 is 10.2 Å². The summed E-state index contributed by atoms with van der Waals surface area (Å²) in [6.45, 7) is 3.25. The van der Waals surface area contributed by atoms with Crippen LogP contribution in [0.25, 0.3) is 0 Å². The van der Waals surface area contributed by atoms with Crippen LogP contribution in [0.15, 0.2) is 36.7 Å². The Kier molecular flexibility index (Phi) is 4.87. The summed E-state index contributed by atoms with van der Waals surface area (Å²) in [5.41, 5.74) is 1.57. The summed E-state index contributed by atoms with van der Waals surface area (Å²) < 4.78 is 13.9. The summed E-state index contributed by atoms with van der Waals surface area (Å²) in [6, 6.07) is 10.1. The number of para-hydroxylation sites is 1. The van der Waals surface area contributed by atoms with E-state index in [4.69, 9.17) is 0 Å². The first-order valence-electron chi connectivity index (χ1n) is 6.71. The van der Waals surface area contributed by atoms with Gasteiger partial charge in [0.2, 0.25) is 0 Å². The van der Waals surface area contributed by atoms with Crippen molar-refractivity contribution in [3.8, 4) is 0 Å². The van der Waals surface area contributed by atoms with Crippen molar-refractivity contribution in [3.05, 3.63) is 48.2 Å². The first-order valence-corrected chi connectivity index (χ1v) is 6.71. The third-order valence-electron chi connectivity index (χ3n) is 3.13. The van der Waals surface area contributed by atoms with Gasteiger partial charge in [-0.1, -0.05) is 25.1 Å². The van der Waals surface area contributed by atoms with Crippen LogP contribution >= 0.6 is 0 Å². The molecule has 106 valence electrons. The van der Waals surface area contributed by atoms with E-state index in [0.29, 0.717) is 18.7 Å². The Bertz CT molecular complexity index is 545. The maximum Gasteiger partial charge on any atom is 0.186 e. The van der Waals surface area contributed by atoms with Gasteiger partial charge in [-0.3, -0.25) is 0 Å². The van der Waals surface area contributed by atoms with Crippen molar-refractivity contribution in [2.45, 2.75) is 13.3 Å². The number of aromatic nitrogens is 2. The molecule has 0 unspecified atom stereocenters. The summed E-state index contributed by atoms with van der Waals surface area (Å²) in [4.78, 5) is 9.96. The number of anilines is 2. The SMILES string of the molecule is CCc1ncnc(NCCN(C)c2ccccc2)c1F. The molecule has 2 rings (SSSR count). The zero-order valence-electron chi connectivity index (χ0n) is 11.8. The number of nitrogens with zero attached hydrogens (tertiary/aromatic N) is 3. The zero-order valence-corrected chi connectivity index (χ0v) is 11.8. The molecule has 0 bridgehead atoms. The number of likely N-dealkylation sites (N-methyl/N-ethyl adjacent to an activating group) is 1. The van der Waals surface area contributed by atoms with Gasteiger partial charge in [0.15, 0.2) is 11.6 Å². The average molecular weight is 274 g/mol.